The molecule has 1 aliphatic rings. The van der Waals surface area contributed by atoms with Crippen molar-refractivity contribution in [3.05, 3.63) is 89.5 Å². The second-order valence-corrected chi connectivity index (χ2v) is 8.18. The van der Waals surface area contributed by atoms with Crippen LogP contribution in [0.1, 0.15) is 40.2 Å². The molecule has 0 spiro atoms. The Morgan fingerprint density at radius 1 is 1.09 bits per heavy atom. The molecule has 32 heavy (non-hydrogen) atoms. The third-order valence-corrected chi connectivity index (χ3v) is 6.14. The zero-order valence-corrected chi connectivity index (χ0v) is 17.8. The summed E-state index contributed by atoms with van der Waals surface area (Å²) in [7, 11) is 0. The van der Waals surface area contributed by atoms with Crippen LogP contribution in [0.15, 0.2) is 67.0 Å². The highest BCUT2D eigenvalue weighted by atomic mass is 19.1. The van der Waals surface area contributed by atoms with Crippen LogP contribution >= 0.6 is 0 Å². The minimum atomic E-state index is -0.301. The average molecular weight is 429 g/mol. The van der Waals surface area contributed by atoms with Gasteiger partial charge in [0.1, 0.15) is 17.2 Å². The maximum Gasteiger partial charge on any atom is 0.259 e. The Balaban J connectivity index is 1.42. The van der Waals surface area contributed by atoms with Crippen molar-refractivity contribution in [3.63, 3.8) is 0 Å². The average Bonchev–Trinajstić information content (AvgIpc) is 3.30. The third-order valence-electron chi connectivity index (χ3n) is 6.14. The van der Waals surface area contributed by atoms with Crippen molar-refractivity contribution >= 4 is 23.1 Å². The normalized spacial score (nSPS) is 14.6. The van der Waals surface area contributed by atoms with E-state index < -0.39 is 0 Å². The van der Waals surface area contributed by atoms with Crippen LogP contribution < -0.4 is 5.32 Å². The number of anilines is 2. The van der Waals surface area contributed by atoms with Gasteiger partial charge >= 0.3 is 0 Å². The number of carbonyl (C=O) groups excluding carboxylic acids is 1. The summed E-state index contributed by atoms with van der Waals surface area (Å²) in [5.74, 6) is 0.615. The minimum absolute atomic E-state index is 0.0799. The molecule has 2 aromatic carbocycles. The summed E-state index contributed by atoms with van der Waals surface area (Å²) in [6, 6.07) is 16.8. The van der Waals surface area contributed by atoms with E-state index in [4.69, 9.17) is 0 Å². The standard InChI is InChI=1S/C25H24FN5O/c1-17-15-20(26)7-8-22(17)29-24-21(16-27-23-9-12-28-31(23)24)25(32)30-13-10-19(11-14-30)18-5-3-2-4-6-18/h2-9,12,15-16,19,29H,10-11,13-14H2,1H3. The number of benzene rings is 2. The molecule has 0 bridgehead atoms. The summed E-state index contributed by atoms with van der Waals surface area (Å²) in [4.78, 5) is 19.8. The maximum absolute atomic E-state index is 13.6. The Labute approximate surface area is 185 Å². The number of likely N-dealkylation sites (tertiary alicyclic amines) is 1. The van der Waals surface area contributed by atoms with Crippen molar-refractivity contribution in [2.24, 2.45) is 0 Å². The molecule has 1 aliphatic heterocycles. The summed E-state index contributed by atoms with van der Waals surface area (Å²) in [5.41, 5.74) is 3.86. The molecule has 1 amide bonds. The lowest BCUT2D eigenvalue weighted by molar-refractivity contribution is 0.0713. The third kappa shape index (κ3) is 3.82. The van der Waals surface area contributed by atoms with E-state index in [1.807, 2.05) is 17.9 Å². The van der Waals surface area contributed by atoms with Crippen molar-refractivity contribution in [2.45, 2.75) is 25.7 Å². The number of carbonyl (C=O) groups is 1. The number of rotatable bonds is 4. The van der Waals surface area contributed by atoms with Gasteiger partial charge in [0.2, 0.25) is 0 Å². The summed E-state index contributed by atoms with van der Waals surface area (Å²) >= 11 is 0. The van der Waals surface area contributed by atoms with Crippen molar-refractivity contribution in [3.8, 4) is 0 Å². The zero-order valence-electron chi connectivity index (χ0n) is 17.8. The van der Waals surface area contributed by atoms with Gasteiger partial charge in [0.25, 0.3) is 5.91 Å². The number of aryl methyl sites for hydroxylation is 1. The minimum Gasteiger partial charge on any atom is -0.339 e. The largest absolute Gasteiger partial charge is 0.339 e. The fourth-order valence-electron chi connectivity index (χ4n) is 4.36. The van der Waals surface area contributed by atoms with E-state index in [2.05, 4.69) is 39.7 Å². The van der Waals surface area contributed by atoms with Crippen molar-refractivity contribution in [1.29, 1.82) is 0 Å². The number of aromatic nitrogens is 3. The number of hydrogen-bond donors (Lipinski definition) is 1. The lowest BCUT2D eigenvalue weighted by Crippen LogP contribution is -2.38. The van der Waals surface area contributed by atoms with E-state index in [0.717, 1.165) is 18.4 Å². The molecule has 0 radical (unpaired) electrons. The molecule has 0 saturated carbocycles. The van der Waals surface area contributed by atoms with Gasteiger partial charge in [-0.25, -0.2) is 9.37 Å². The number of halogens is 1. The first-order valence-corrected chi connectivity index (χ1v) is 10.8. The summed E-state index contributed by atoms with van der Waals surface area (Å²) in [6.45, 7) is 3.19. The first-order chi connectivity index (χ1) is 15.6. The summed E-state index contributed by atoms with van der Waals surface area (Å²) in [6.07, 6.45) is 5.09. The Bertz CT molecular complexity index is 1260. The van der Waals surface area contributed by atoms with Crippen LogP contribution in [0.3, 0.4) is 0 Å². The van der Waals surface area contributed by atoms with E-state index in [1.165, 1.54) is 17.7 Å². The van der Waals surface area contributed by atoms with E-state index in [9.17, 15) is 9.18 Å². The smallest absolute Gasteiger partial charge is 0.259 e. The molecule has 0 aliphatic carbocycles. The predicted octanol–water partition coefficient (Wildman–Crippen LogP) is 4.94. The molecule has 0 unspecified atom stereocenters. The van der Waals surface area contributed by atoms with Crippen LogP contribution in [-0.2, 0) is 0 Å². The second kappa shape index (κ2) is 8.42. The van der Waals surface area contributed by atoms with E-state index in [1.54, 1.807) is 29.0 Å². The van der Waals surface area contributed by atoms with Gasteiger partial charge in [0, 0.05) is 31.0 Å². The highest BCUT2D eigenvalue weighted by Crippen LogP contribution is 2.30. The molecule has 4 aromatic rings. The van der Waals surface area contributed by atoms with Gasteiger partial charge in [0.05, 0.1) is 6.20 Å². The van der Waals surface area contributed by atoms with E-state index in [-0.39, 0.29) is 11.7 Å². The van der Waals surface area contributed by atoms with Crippen LogP contribution in [0.25, 0.3) is 5.65 Å². The summed E-state index contributed by atoms with van der Waals surface area (Å²) < 4.78 is 15.2. The molecule has 1 saturated heterocycles. The first kappa shape index (κ1) is 20.2. The number of hydrogen-bond acceptors (Lipinski definition) is 4. The molecule has 162 valence electrons. The van der Waals surface area contributed by atoms with Gasteiger partial charge in [0.15, 0.2) is 5.65 Å². The predicted molar refractivity (Wildman–Crippen MR) is 122 cm³/mol. The maximum atomic E-state index is 13.6. The van der Waals surface area contributed by atoms with Gasteiger partial charge in [-0.05, 0) is 55.0 Å². The SMILES string of the molecule is Cc1cc(F)ccc1Nc1c(C(=O)N2CCC(c3ccccc3)CC2)cnc2ccnn12. The molecular weight excluding hydrogens is 405 g/mol. The van der Waals surface area contributed by atoms with Crippen LogP contribution in [0, 0.1) is 12.7 Å². The Morgan fingerprint density at radius 3 is 2.62 bits per heavy atom. The molecule has 6 nitrogen and oxygen atoms in total. The quantitative estimate of drug-likeness (QED) is 0.499. The Morgan fingerprint density at radius 2 is 1.88 bits per heavy atom. The molecule has 5 rings (SSSR count). The van der Waals surface area contributed by atoms with Crippen molar-refractivity contribution in [1.82, 2.24) is 19.5 Å². The highest BCUT2D eigenvalue weighted by molar-refractivity contribution is 5.99. The number of fused-ring (bicyclic) bond motifs is 1. The van der Waals surface area contributed by atoms with E-state index >= 15 is 0 Å². The Hall–Kier alpha value is -3.74. The molecule has 2 aromatic heterocycles. The van der Waals surface area contributed by atoms with Crippen molar-refractivity contribution in [2.75, 3.05) is 18.4 Å². The molecule has 1 N–H and O–H groups in total. The fourth-order valence-corrected chi connectivity index (χ4v) is 4.36. The lowest BCUT2D eigenvalue weighted by Gasteiger charge is -2.32. The molecule has 1 fully saturated rings. The van der Waals surface area contributed by atoms with E-state index in [0.29, 0.717) is 41.7 Å². The molecule has 3 heterocycles. The van der Waals surface area contributed by atoms with Gasteiger partial charge in [-0.15, -0.1) is 0 Å². The monoisotopic (exact) mass is 429 g/mol. The lowest BCUT2D eigenvalue weighted by atomic mass is 9.89. The Kier molecular flexibility index (Phi) is 5.31. The second-order valence-electron chi connectivity index (χ2n) is 8.18. The number of amides is 1. The van der Waals surface area contributed by atoms with Crippen LogP contribution in [0.2, 0.25) is 0 Å². The van der Waals surface area contributed by atoms with Crippen LogP contribution in [0.5, 0.6) is 0 Å². The number of nitrogens with one attached hydrogen (secondary N) is 1. The van der Waals surface area contributed by atoms with Gasteiger partial charge in [-0.3, -0.25) is 4.79 Å². The summed E-state index contributed by atoms with van der Waals surface area (Å²) in [5, 5.41) is 7.65. The van der Waals surface area contributed by atoms with Crippen LogP contribution in [0.4, 0.5) is 15.9 Å². The van der Waals surface area contributed by atoms with Crippen molar-refractivity contribution < 1.29 is 9.18 Å². The highest BCUT2D eigenvalue weighted by Gasteiger charge is 2.27. The zero-order chi connectivity index (χ0) is 22.1. The number of nitrogens with zero attached hydrogens (tertiary/aromatic N) is 4. The van der Waals surface area contributed by atoms with Gasteiger partial charge < -0.3 is 10.2 Å². The van der Waals surface area contributed by atoms with Gasteiger partial charge in [-0.1, -0.05) is 30.3 Å². The number of piperidine rings is 1. The molecule has 0 atom stereocenters. The van der Waals surface area contributed by atoms with Gasteiger partial charge in [-0.2, -0.15) is 9.61 Å². The topological polar surface area (TPSA) is 62.5 Å². The first-order valence-electron chi connectivity index (χ1n) is 10.8. The molecular formula is C25H24FN5O. The van der Waals surface area contributed by atoms with Crippen LogP contribution in [-0.4, -0.2) is 38.5 Å². The fraction of sp³-hybridized carbons (Fsp3) is 0.240. The molecule has 7 heteroatoms.